The van der Waals surface area contributed by atoms with Crippen LogP contribution in [0.15, 0.2) is 18.2 Å². The Morgan fingerprint density at radius 2 is 2.09 bits per heavy atom. The number of carbonyl (C=O) groups is 3. The van der Waals surface area contributed by atoms with Gasteiger partial charge in [0.05, 0.1) is 37.0 Å². The molecule has 1 aliphatic rings. The summed E-state index contributed by atoms with van der Waals surface area (Å²) in [4.78, 5) is 41.0. The van der Waals surface area contributed by atoms with Crippen LogP contribution in [0.5, 0.6) is 5.75 Å². The molecule has 0 aliphatic carbocycles. The van der Waals surface area contributed by atoms with Gasteiger partial charge >= 0.3 is 0 Å². The maximum atomic E-state index is 13.0. The molecule has 3 atom stereocenters. The maximum absolute atomic E-state index is 13.0. The Kier molecular flexibility index (Phi) is 9.13. The van der Waals surface area contributed by atoms with Gasteiger partial charge in [-0.2, -0.15) is 5.26 Å². The summed E-state index contributed by atoms with van der Waals surface area (Å²) in [5, 5.41) is 19.4. The molecule has 10 heteroatoms. The lowest BCUT2D eigenvalue weighted by atomic mass is 9.91. The molecule has 2 amide bonds. The number of halogens is 1. The van der Waals surface area contributed by atoms with Crippen LogP contribution in [0.3, 0.4) is 0 Å². The SMILES string of the molecule is COc1cc(Cl)cc2[nH]c(C(=O)CN[C@@H](CC(C)C)C(=O)N[C@H](C#N)C[C@@H]3CCCNC3=O)cc12. The molecule has 0 bridgehead atoms. The summed E-state index contributed by atoms with van der Waals surface area (Å²) >= 11 is 6.11. The van der Waals surface area contributed by atoms with Crippen LogP contribution in [-0.4, -0.2) is 54.9 Å². The van der Waals surface area contributed by atoms with E-state index < -0.39 is 12.1 Å². The Bertz CT molecular complexity index is 1120. The highest BCUT2D eigenvalue weighted by Crippen LogP contribution is 2.30. The van der Waals surface area contributed by atoms with E-state index >= 15 is 0 Å². The quantitative estimate of drug-likeness (QED) is 0.349. The number of nitriles is 1. The van der Waals surface area contributed by atoms with Gasteiger partial charge in [-0.15, -0.1) is 0 Å². The lowest BCUT2D eigenvalue weighted by Gasteiger charge is -2.25. The lowest BCUT2D eigenvalue weighted by Crippen LogP contribution is -2.50. The molecule has 1 aliphatic heterocycles. The Labute approximate surface area is 209 Å². The third kappa shape index (κ3) is 6.96. The zero-order valence-electron chi connectivity index (χ0n) is 20.2. The molecular weight excluding hydrogens is 470 g/mol. The minimum atomic E-state index is -0.783. The van der Waals surface area contributed by atoms with Crippen LogP contribution in [0.25, 0.3) is 10.9 Å². The number of hydrogen-bond donors (Lipinski definition) is 4. The van der Waals surface area contributed by atoms with E-state index in [1.54, 1.807) is 18.2 Å². The van der Waals surface area contributed by atoms with Crippen LogP contribution in [0.1, 0.15) is 50.0 Å². The summed E-state index contributed by atoms with van der Waals surface area (Å²) in [5.41, 5.74) is 1.05. The number of hydrogen-bond acceptors (Lipinski definition) is 6. The largest absolute Gasteiger partial charge is 0.496 e. The third-order valence-electron chi connectivity index (χ3n) is 6.11. The Morgan fingerprint density at radius 3 is 2.74 bits per heavy atom. The van der Waals surface area contributed by atoms with Crippen molar-refractivity contribution in [3.63, 3.8) is 0 Å². The van der Waals surface area contributed by atoms with Crippen molar-refractivity contribution in [2.24, 2.45) is 11.8 Å². The van der Waals surface area contributed by atoms with E-state index in [1.807, 2.05) is 13.8 Å². The van der Waals surface area contributed by atoms with Gasteiger partial charge in [-0.1, -0.05) is 25.4 Å². The first-order chi connectivity index (χ1) is 16.7. The molecular formula is C25H32ClN5O4. The molecule has 1 saturated heterocycles. The van der Waals surface area contributed by atoms with Gasteiger partial charge in [0.25, 0.3) is 0 Å². The summed E-state index contributed by atoms with van der Waals surface area (Å²) in [7, 11) is 1.53. The average molecular weight is 502 g/mol. The molecule has 3 rings (SSSR count). The fraction of sp³-hybridized carbons (Fsp3) is 0.520. The van der Waals surface area contributed by atoms with Crippen molar-refractivity contribution >= 4 is 40.1 Å². The molecule has 4 N–H and O–H groups in total. The summed E-state index contributed by atoms with van der Waals surface area (Å²) in [6.07, 6.45) is 2.30. The highest BCUT2D eigenvalue weighted by atomic mass is 35.5. The standard InChI is InChI=1S/C25H32ClN5O4/c1-14(2)7-21(25(34)30-17(12-27)8-15-5-4-6-28-24(15)33)29-13-22(32)20-11-18-19(31-20)9-16(26)10-23(18)35-3/h9-11,14-15,17,21,29,31H,4-8,13H2,1-3H3,(H,28,33)(H,30,34)/t15-,17-,21-/m0/s1. The van der Waals surface area contributed by atoms with Gasteiger partial charge in [0, 0.05) is 22.9 Å². The Balaban J connectivity index is 1.65. The summed E-state index contributed by atoms with van der Waals surface area (Å²) in [6, 6.07) is 5.74. The predicted octanol–water partition coefficient (Wildman–Crippen LogP) is 2.94. The van der Waals surface area contributed by atoms with Gasteiger partial charge in [-0.3, -0.25) is 19.7 Å². The molecule has 0 radical (unpaired) electrons. The van der Waals surface area contributed by atoms with Crippen LogP contribution < -0.4 is 20.7 Å². The summed E-state index contributed by atoms with van der Waals surface area (Å²) in [6.45, 7) is 4.52. The van der Waals surface area contributed by atoms with Crippen molar-refractivity contribution in [2.45, 2.75) is 51.6 Å². The number of nitrogens with zero attached hydrogens (tertiary/aromatic N) is 1. The zero-order valence-corrected chi connectivity index (χ0v) is 21.0. The molecule has 188 valence electrons. The number of aromatic nitrogens is 1. The van der Waals surface area contributed by atoms with E-state index in [2.05, 4.69) is 27.0 Å². The molecule has 1 aromatic heterocycles. The van der Waals surface area contributed by atoms with Crippen molar-refractivity contribution in [3.8, 4) is 11.8 Å². The fourth-order valence-electron chi connectivity index (χ4n) is 4.32. The number of ether oxygens (including phenoxy) is 1. The van der Waals surface area contributed by atoms with Gasteiger partial charge in [0.15, 0.2) is 5.78 Å². The van der Waals surface area contributed by atoms with E-state index in [1.165, 1.54) is 7.11 Å². The van der Waals surface area contributed by atoms with E-state index in [4.69, 9.17) is 16.3 Å². The highest BCUT2D eigenvalue weighted by molar-refractivity contribution is 6.31. The van der Waals surface area contributed by atoms with Gasteiger partial charge < -0.3 is 20.4 Å². The molecule has 9 nitrogen and oxygen atoms in total. The number of benzene rings is 1. The number of piperidine rings is 1. The first-order valence-electron chi connectivity index (χ1n) is 11.8. The number of Topliss-reactive ketones (excluding diaryl/α,β-unsaturated/α-hetero) is 1. The number of aromatic amines is 1. The van der Waals surface area contributed by atoms with Gasteiger partial charge in [0.2, 0.25) is 11.8 Å². The topological polar surface area (TPSA) is 136 Å². The molecule has 2 heterocycles. The molecule has 2 aromatic rings. The van der Waals surface area contributed by atoms with E-state index in [0.717, 1.165) is 11.8 Å². The van der Waals surface area contributed by atoms with Crippen LogP contribution in [0.2, 0.25) is 5.02 Å². The normalized spacial score (nSPS) is 17.5. The monoisotopic (exact) mass is 501 g/mol. The Morgan fingerprint density at radius 1 is 1.31 bits per heavy atom. The number of fused-ring (bicyclic) bond motifs is 1. The number of nitrogens with one attached hydrogen (secondary N) is 4. The Hall–Kier alpha value is -3.09. The lowest BCUT2D eigenvalue weighted by molar-refractivity contribution is -0.128. The van der Waals surface area contributed by atoms with Crippen LogP contribution in [0.4, 0.5) is 0 Å². The maximum Gasteiger partial charge on any atom is 0.238 e. The molecule has 1 fully saturated rings. The van der Waals surface area contributed by atoms with Crippen molar-refractivity contribution in [1.82, 2.24) is 20.9 Å². The molecule has 35 heavy (non-hydrogen) atoms. The second kappa shape index (κ2) is 12.0. The van der Waals surface area contributed by atoms with Crippen LogP contribution >= 0.6 is 11.6 Å². The molecule has 0 saturated carbocycles. The minimum absolute atomic E-state index is 0.0735. The van der Waals surface area contributed by atoms with Crippen molar-refractivity contribution in [3.05, 3.63) is 28.9 Å². The number of ketones is 1. The number of methoxy groups -OCH3 is 1. The number of H-pyrrole nitrogens is 1. The number of amides is 2. The molecule has 0 unspecified atom stereocenters. The number of rotatable bonds is 11. The van der Waals surface area contributed by atoms with Crippen LogP contribution in [-0.2, 0) is 9.59 Å². The summed E-state index contributed by atoms with van der Waals surface area (Å²) in [5.74, 6) is -0.223. The second-order valence-electron chi connectivity index (χ2n) is 9.29. The van der Waals surface area contributed by atoms with E-state index in [9.17, 15) is 19.6 Å². The van der Waals surface area contributed by atoms with Gasteiger partial charge in [0.1, 0.15) is 11.8 Å². The minimum Gasteiger partial charge on any atom is -0.496 e. The smallest absolute Gasteiger partial charge is 0.238 e. The first kappa shape index (κ1) is 26.5. The summed E-state index contributed by atoms with van der Waals surface area (Å²) < 4.78 is 5.35. The van der Waals surface area contributed by atoms with Crippen LogP contribution in [0, 0.1) is 23.2 Å². The van der Waals surface area contributed by atoms with Crippen molar-refractivity contribution in [2.75, 3.05) is 20.2 Å². The van der Waals surface area contributed by atoms with Crippen molar-refractivity contribution in [1.29, 1.82) is 5.26 Å². The molecule has 1 aromatic carbocycles. The third-order valence-corrected chi connectivity index (χ3v) is 6.33. The van der Waals surface area contributed by atoms with E-state index in [0.29, 0.717) is 41.4 Å². The van der Waals surface area contributed by atoms with E-state index in [-0.39, 0.29) is 42.4 Å². The second-order valence-corrected chi connectivity index (χ2v) is 9.73. The van der Waals surface area contributed by atoms with Gasteiger partial charge in [-0.05, 0) is 49.8 Å². The fourth-order valence-corrected chi connectivity index (χ4v) is 4.52. The molecule has 0 spiro atoms. The average Bonchev–Trinajstić information content (AvgIpc) is 3.25. The number of carbonyl (C=O) groups excluding carboxylic acids is 3. The highest BCUT2D eigenvalue weighted by Gasteiger charge is 2.28. The van der Waals surface area contributed by atoms with Crippen molar-refractivity contribution < 1.29 is 19.1 Å². The zero-order chi connectivity index (χ0) is 25.5. The predicted molar refractivity (Wildman–Crippen MR) is 133 cm³/mol. The first-order valence-corrected chi connectivity index (χ1v) is 12.2. The van der Waals surface area contributed by atoms with Gasteiger partial charge in [-0.25, -0.2) is 0 Å².